The molecular weight excluding hydrogens is 206 g/mol. The lowest BCUT2D eigenvalue weighted by Gasteiger charge is -2.10. The molecule has 0 radical (unpaired) electrons. The molecule has 13 heavy (non-hydrogen) atoms. The van der Waals surface area contributed by atoms with Crippen LogP contribution in [0.15, 0.2) is 0 Å². The number of nitrogens with one attached hydrogen (secondary N) is 1. The average molecular weight is 221 g/mol. The molecule has 0 bridgehead atoms. The van der Waals surface area contributed by atoms with Crippen molar-refractivity contribution in [3.05, 3.63) is 0 Å². The summed E-state index contributed by atoms with van der Waals surface area (Å²) in [7, 11) is 0. The largest absolute Gasteiger partial charge is 0.481 e. The second-order valence-corrected chi connectivity index (χ2v) is 5.29. The number of thioether (sulfide) groups is 2. The van der Waals surface area contributed by atoms with Gasteiger partial charge in [0, 0.05) is 11.8 Å². The minimum absolute atomic E-state index is 0.175. The molecule has 0 aromatic rings. The number of rotatable bonds is 5. The van der Waals surface area contributed by atoms with Crippen LogP contribution in [0, 0.1) is 0 Å². The van der Waals surface area contributed by atoms with E-state index in [0.717, 1.165) is 17.9 Å². The Kier molecular flexibility index (Phi) is 4.98. The molecule has 1 aliphatic rings. The molecule has 1 heterocycles. The van der Waals surface area contributed by atoms with Crippen molar-refractivity contribution in [3.8, 4) is 0 Å². The number of aliphatic carboxylic acids is 1. The first-order valence-electron chi connectivity index (χ1n) is 4.30. The molecule has 3 nitrogen and oxygen atoms in total. The maximum atomic E-state index is 10.4. The summed E-state index contributed by atoms with van der Waals surface area (Å²) in [6, 6.07) is 0.175. The number of carboxylic acid groups (broad SMARTS) is 1. The quantitative estimate of drug-likeness (QED) is 0.731. The van der Waals surface area contributed by atoms with E-state index in [4.69, 9.17) is 5.11 Å². The zero-order chi connectivity index (χ0) is 9.68. The number of carboxylic acids is 1. The van der Waals surface area contributed by atoms with Crippen LogP contribution in [0.5, 0.6) is 0 Å². The van der Waals surface area contributed by atoms with Crippen LogP contribution in [0.1, 0.15) is 12.8 Å². The van der Waals surface area contributed by atoms with Crippen molar-refractivity contribution >= 4 is 29.5 Å². The zero-order valence-electron chi connectivity index (χ0n) is 7.66. The van der Waals surface area contributed by atoms with Gasteiger partial charge < -0.3 is 10.4 Å². The van der Waals surface area contributed by atoms with Gasteiger partial charge in [0.25, 0.3) is 0 Å². The smallest absolute Gasteiger partial charge is 0.304 e. The van der Waals surface area contributed by atoms with E-state index < -0.39 is 5.97 Å². The van der Waals surface area contributed by atoms with Crippen LogP contribution in [0.2, 0.25) is 0 Å². The average Bonchev–Trinajstić information content (AvgIpc) is 2.48. The van der Waals surface area contributed by atoms with E-state index in [1.165, 1.54) is 0 Å². The molecule has 5 heteroatoms. The molecule has 1 fully saturated rings. The lowest BCUT2D eigenvalue weighted by atomic mass is 10.2. The third-order valence-corrected chi connectivity index (χ3v) is 3.94. The number of carbonyl (C=O) groups is 1. The summed E-state index contributed by atoms with van der Waals surface area (Å²) in [6.07, 6.45) is 3.47. The minimum Gasteiger partial charge on any atom is -0.481 e. The lowest BCUT2D eigenvalue weighted by Crippen LogP contribution is -2.32. The van der Waals surface area contributed by atoms with Crippen molar-refractivity contribution in [2.24, 2.45) is 0 Å². The van der Waals surface area contributed by atoms with Crippen LogP contribution in [-0.2, 0) is 4.79 Å². The van der Waals surface area contributed by atoms with E-state index in [1.807, 2.05) is 23.5 Å². The predicted octanol–water partition coefficient (Wildman–Crippen LogP) is 1.25. The van der Waals surface area contributed by atoms with Crippen LogP contribution in [-0.4, -0.2) is 40.3 Å². The van der Waals surface area contributed by atoms with Gasteiger partial charge in [-0.05, 0) is 18.4 Å². The molecule has 1 rings (SSSR count). The van der Waals surface area contributed by atoms with Gasteiger partial charge in [-0.1, -0.05) is 0 Å². The predicted molar refractivity (Wildman–Crippen MR) is 58.4 cm³/mol. The van der Waals surface area contributed by atoms with Crippen molar-refractivity contribution in [2.75, 3.05) is 17.8 Å². The molecular formula is C8H15NO2S2. The van der Waals surface area contributed by atoms with E-state index in [0.29, 0.717) is 5.37 Å². The summed E-state index contributed by atoms with van der Waals surface area (Å²) < 4.78 is 0. The van der Waals surface area contributed by atoms with Crippen molar-refractivity contribution in [1.82, 2.24) is 5.32 Å². The Balaban J connectivity index is 2.16. The van der Waals surface area contributed by atoms with Crippen molar-refractivity contribution in [3.63, 3.8) is 0 Å². The van der Waals surface area contributed by atoms with E-state index in [1.54, 1.807) is 0 Å². The molecule has 2 N–H and O–H groups in total. The van der Waals surface area contributed by atoms with Crippen LogP contribution in [0.4, 0.5) is 0 Å². The van der Waals surface area contributed by atoms with Crippen LogP contribution in [0.25, 0.3) is 0 Å². The summed E-state index contributed by atoms with van der Waals surface area (Å²) >= 11 is 3.68. The van der Waals surface area contributed by atoms with Gasteiger partial charge >= 0.3 is 5.97 Å². The zero-order valence-corrected chi connectivity index (χ0v) is 9.29. The van der Waals surface area contributed by atoms with Crippen molar-refractivity contribution in [2.45, 2.75) is 24.3 Å². The molecule has 0 aromatic heterocycles. The number of hydrogen-bond donors (Lipinski definition) is 2. The van der Waals surface area contributed by atoms with Gasteiger partial charge in [-0.15, -0.1) is 11.8 Å². The highest BCUT2D eigenvalue weighted by Crippen LogP contribution is 2.23. The van der Waals surface area contributed by atoms with Gasteiger partial charge in [0.05, 0.1) is 11.8 Å². The van der Waals surface area contributed by atoms with Crippen LogP contribution in [0.3, 0.4) is 0 Å². The first-order chi connectivity index (χ1) is 6.22. The normalized spacial score (nSPS) is 27.8. The third kappa shape index (κ3) is 4.24. The summed E-state index contributed by atoms with van der Waals surface area (Å²) in [5.74, 6) is 1.37. The second-order valence-electron chi connectivity index (χ2n) is 3.06. The molecule has 1 saturated heterocycles. The van der Waals surface area contributed by atoms with E-state index in [2.05, 4.69) is 11.6 Å². The topological polar surface area (TPSA) is 49.3 Å². The fraction of sp³-hybridized carbons (Fsp3) is 0.875. The molecule has 0 spiro atoms. The highest BCUT2D eigenvalue weighted by atomic mass is 32.2. The van der Waals surface area contributed by atoms with Gasteiger partial charge in [0.15, 0.2) is 0 Å². The Morgan fingerprint density at radius 1 is 1.77 bits per heavy atom. The molecule has 1 aliphatic heterocycles. The molecule has 2 atom stereocenters. The maximum absolute atomic E-state index is 10.4. The first-order valence-corrected chi connectivity index (χ1v) is 6.75. The standard InChI is InChI=1S/C8H15NO2S2/c1-12-3-2-7-9-6(5-13-7)4-8(10)11/h6-7,9H,2-5H2,1H3,(H,10,11). The summed E-state index contributed by atoms with van der Waals surface area (Å²) in [5, 5.41) is 12.4. The highest BCUT2D eigenvalue weighted by Gasteiger charge is 2.25. The van der Waals surface area contributed by atoms with E-state index in [9.17, 15) is 4.79 Å². The fourth-order valence-electron chi connectivity index (χ4n) is 1.31. The summed E-state index contributed by atoms with van der Waals surface area (Å²) in [5.41, 5.74) is 0. The van der Waals surface area contributed by atoms with Gasteiger partial charge in [0.1, 0.15) is 0 Å². The SMILES string of the molecule is CSCCC1NC(CC(=O)O)CS1. The lowest BCUT2D eigenvalue weighted by molar-refractivity contribution is -0.137. The van der Waals surface area contributed by atoms with Gasteiger partial charge in [-0.2, -0.15) is 11.8 Å². The molecule has 2 unspecified atom stereocenters. The highest BCUT2D eigenvalue weighted by molar-refractivity contribution is 8.00. The second kappa shape index (κ2) is 5.78. The monoisotopic (exact) mass is 221 g/mol. The first kappa shape index (κ1) is 11.2. The van der Waals surface area contributed by atoms with Gasteiger partial charge in [-0.3, -0.25) is 4.79 Å². The van der Waals surface area contributed by atoms with Crippen LogP contribution >= 0.6 is 23.5 Å². The minimum atomic E-state index is -0.705. The summed E-state index contributed by atoms with van der Waals surface area (Å²) in [4.78, 5) is 10.4. The van der Waals surface area contributed by atoms with Gasteiger partial charge in [0.2, 0.25) is 0 Å². The van der Waals surface area contributed by atoms with E-state index in [-0.39, 0.29) is 12.5 Å². The molecule has 0 aliphatic carbocycles. The van der Waals surface area contributed by atoms with Crippen molar-refractivity contribution in [1.29, 1.82) is 0 Å². The van der Waals surface area contributed by atoms with E-state index >= 15 is 0 Å². The Bertz CT molecular complexity index is 178. The fourth-order valence-corrected chi connectivity index (χ4v) is 3.18. The van der Waals surface area contributed by atoms with Crippen LogP contribution < -0.4 is 5.32 Å². The third-order valence-electron chi connectivity index (χ3n) is 1.93. The Hall–Kier alpha value is 0.130. The Labute approximate surface area is 87.0 Å². The molecule has 0 saturated carbocycles. The van der Waals surface area contributed by atoms with Crippen molar-refractivity contribution < 1.29 is 9.90 Å². The molecule has 0 aromatic carbocycles. The maximum Gasteiger partial charge on any atom is 0.304 e. The van der Waals surface area contributed by atoms with Gasteiger partial charge in [-0.25, -0.2) is 0 Å². The Morgan fingerprint density at radius 2 is 2.54 bits per heavy atom. The molecule has 0 amide bonds. The Morgan fingerprint density at radius 3 is 3.15 bits per heavy atom. The number of hydrogen-bond acceptors (Lipinski definition) is 4. The summed E-state index contributed by atoms with van der Waals surface area (Å²) in [6.45, 7) is 0. The molecule has 76 valence electrons.